The van der Waals surface area contributed by atoms with Crippen molar-refractivity contribution in [1.82, 2.24) is 0 Å². The Balaban J connectivity index is 1.53. The van der Waals surface area contributed by atoms with Gasteiger partial charge in [0.25, 0.3) is 0 Å². The predicted molar refractivity (Wildman–Crippen MR) is 200 cm³/mol. The molecule has 0 bridgehead atoms. The van der Waals surface area contributed by atoms with Crippen molar-refractivity contribution in [2.75, 3.05) is 4.90 Å². The van der Waals surface area contributed by atoms with E-state index in [0.29, 0.717) is 0 Å². The van der Waals surface area contributed by atoms with Crippen molar-refractivity contribution in [1.29, 1.82) is 0 Å². The van der Waals surface area contributed by atoms with E-state index in [4.69, 9.17) is 26.0 Å². The van der Waals surface area contributed by atoms with E-state index in [2.05, 4.69) is 0 Å². The molecule has 8 aromatic carbocycles. The molecule has 0 aliphatic carbocycles. The van der Waals surface area contributed by atoms with Crippen LogP contribution in [0.15, 0.2) is 199 Å². The lowest BCUT2D eigenvalue weighted by Crippen LogP contribution is -2.09. The second kappa shape index (κ2) is 12.7. The molecule has 0 unspecified atom stereocenters. The first kappa shape index (κ1) is 10.2. The first-order valence-corrected chi connectivity index (χ1v) is 13.5. The highest BCUT2D eigenvalue weighted by Gasteiger charge is 2.14. The summed E-state index contributed by atoms with van der Waals surface area (Å²) >= 11 is 0. The van der Waals surface area contributed by atoms with Crippen molar-refractivity contribution in [2.45, 2.75) is 0 Å². The van der Waals surface area contributed by atoms with Crippen LogP contribution < -0.4 is 4.90 Å². The van der Waals surface area contributed by atoms with Crippen molar-refractivity contribution in [3.8, 4) is 44.5 Å². The quantitative estimate of drug-likeness (QED) is 0.169. The molecule has 0 heterocycles. The van der Waals surface area contributed by atoms with Crippen LogP contribution in [0, 0.1) is 0 Å². The molecule has 8 aromatic rings. The predicted octanol–water partition coefficient (Wildman–Crippen LogP) is 13.0. The van der Waals surface area contributed by atoms with Crippen molar-refractivity contribution < 1.29 is 43.9 Å². The van der Waals surface area contributed by atoms with Gasteiger partial charge in [-0.15, -0.1) is 0 Å². The molecular formula is C46H33N. The molecule has 0 saturated heterocycles. The monoisotopic (exact) mass is 631 g/mol. The third-order valence-electron chi connectivity index (χ3n) is 6.51. The van der Waals surface area contributed by atoms with Crippen LogP contribution in [0.1, 0.15) is 43.9 Å². The Hall–Kier alpha value is -6.18. The third kappa shape index (κ3) is 5.83. The van der Waals surface area contributed by atoms with Gasteiger partial charge < -0.3 is 4.90 Å². The molecule has 0 N–H and O–H groups in total. The zero-order valence-electron chi connectivity index (χ0n) is 55.5. The number of rotatable bonds is 7. The van der Waals surface area contributed by atoms with Gasteiger partial charge in [-0.25, -0.2) is 0 Å². The van der Waals surface area contributed by atoms with Crippen LogP contribution in [0.25, 0.3) is 55.3 Å². The molecule has 0 fully saturated rings. The lowest BCUT2D eigenvalue weighted by atomic mass is 9.95. The number of hydrogen-bond acceptors (Lipinski definition) is 1. The standard InChI is InChI=1S/C46H33N/c1-3-11-34(12-4-1)36-21-27-42(28-22-36)47(43-29-23-37(24-30-43)35-13-5-2-6-14-35)44-31-25-38(26-32-44)40-17-9-18-41(33-40)46-20-10-16-39-15-7-8-19-45(39)46/h1-33H/i1D,2D,3D,4D,5D,6D,7D,8D,9D,10D,11D,12D,13D,14D,15D,16D,17D,19D,20D,21D,22D,23D,24D,25D,26D,27D,28D,29D,30D,31D,32D,33D. The van der Waals surface area contributed by atoms with Crippen LogP contribution in [0.3, 0.4) is 0 Å². The highest BCUT2D eigenvalue weighted by Crippen LogP contribution is 2.38. The Labute approximate surface area is 321 Å². The fourth-order valence-electron chi connectivity index (χ4n) is 4.37. The molecule has 0 amide bonds. The summed E-state index contributed by atoms with van der Waals surface area (Å²) in [5.74, 6) is 0. The zero-order chi connectivity index (χ0) is 59.3. The fourth-order valence-corrected chi connectivity index (χ4v) is 4.37. The Morgan fingerprint density at radius 3 is 1.30 bits per heavy atom. The molecule has 1 heteroatoms. The van der Waals surface area contributed by atoms with E-state index in [9.17, 15) is 17.8 Å². The lowest BCUT2D eigenvalue weighted by molar-refractivity contribution is 1.28. The number of hydrogen-bond donors (Lipinski definition) is 0. The Kier molecular flexibility index (Phi) is 2.74. The molecule has 1 nitrogen and oxygen atoms in total. The highest BCUT2D eigenvalue weighted by molar-refractivity contribution is 5.97. The van der Waals surface area contributed by atoms with Crippen LogP contribution >= 0.6 is 0 Å². The molecule has 0 aromatic heterocycles. The van der Waals surface area contributed by atoms with Crippen molar-refractivity contribution in [3.05, 3.63) is 199 Å². The molecule has 0 atom stereocenters. The van der Waals surface area contributed by atoms with Gasteiger partial charge in [-0.2, -0.15) is 0 Å². The minimum atomic E-state index is -1.32. The number of fused-ring (bicyclic) bond motifs is 1. The fraction of sp³-hybridized carbons (Fsp3) is 0. The molecule has 0 aliphatic heterocycles. The normalized spacial score (nSPS) is 20.5. The summed E-state index contributed by atoms with van der Waals surface area (Å²) in [6.07, 6.45) is 0. The van der Waals surface area contributed by atoms with Gasteiger partial charge in [0.05, 0.1) is 43.9 Å². The maximum atomic E-state index is 9.54. The first-order chi connectivity index (χ1) is 36.6. The van der Waals surface area contributed by atoms with Crippen LogP contribution in [0.2, 0.25) is 0 Å². The summed E-state index contributed by atoms with van der Waals surface area (Å²) in [4.78, 5) is 0.267. The van der Waals surface area contributed by atoms with Gasteiger partial charge in [0.15, 0.2) is 0 Å². The van der Waals surface area contributed by atoms with Crippen LogP contribution in [0.5, 0.6) is 0 Å². The summed E-state index contributed by atoms with van der Waals surface area (Å²) in [5, 5.41) is -1.13. The van der Waals surface area contributed by atoms with Crippen molar-refractivity contribution in [3.63, 3.8) is 0 Å². The van der Waals surface area contributed by atoms with E-state index in [1.54, 1.807) is 0 Å². The molecule has 0 radical (unpaired) electrons. The Bertz CT molecular complexity index is 3820. The molecule has 0 aliphatic rings. The van der Waals surface area contributed by atoms with Crippen LogP contribution in [0.4, 0.5) is 17.1 Å². The number of anilines is 3. The average Bonchev–Trinajstić information content (AvgIpc) is 3.60. The number of benzene rings is 8. The maximum absolute atomic E-state index is 9.54. The van der Waals surface area contributed by atoms with E-state index in [1.807, 2.05) is 0 Å². The summed E-state index contributed by atoms with van der Waals surface area (Å²) in [7, 11) is 0. The van der Waals surface area contributed by atoms with Gasteiger partial charge in [-0.05, 0) is 97.6 Å². The Morgan fingerprint density at radius 1 is 0.319 bits per heavy atom. The van der Waals surface area contributed by atoms with E-state index in [-0.39, 0.29) is 4.90 Å². The second-order valence-electron chi connectivity index (χ2n) is 9.33. The lowest BCUT2D eigenvalue weighted by Gasteiger charge is -2.26. The largest absolute Gasteiger partial charge is 0.311 e. The summed E-state index contributed by atoms with van der Waals surface area (Å²) < 4.78 is 283. The average molecular weight is 632 g/mol. The SMILES string of the molecule is [2H]c1cc(-c2c([2H])c([2H])c([2H])c3c([2H])c([2H])c([2H])c([2H])c23)c([2H])c(-c2c([2H])c([2H])c(N(c3c([2H])c([2H])c(-c4c([2H])c([2H])c([2H])c([2H])c4[2H])c([2H])c3[2H])c3c([2H])c([2H])c(-c4c([2H])c([2H])c([2H])c([2H])c4[2H])c([2H])c3[2H])c([2H])c2[2H])c1[2H]. The summed E-state index contributed by atoms with van der Waals surface area (Å²) in [6.45, 7) is 0. The summed E-state index contributed by atoms with van der Waals surface area (Å²) in [5.41, 5.74) is -10.2. The van der Waals surface area contributed by atoms with E-state index < -0.39 is 266 Å². The molecule has 47 heavy (non-hydrogen) atoms. The van der Waals surface area contributed by atoms with E-state index in [1.165, 1.54) is 0 Å². The smallest absolute Gasteiger partial charge is 0.0645 e. The third-order valence-corrected chi connectivity index (χ3v) is 6.51. The molecular weight excluding hydrogens is 567 g/mol. The first-order valence-electron chi connectivity index (χ1n) is 29.5. The van der Waals surface area contributed by atoms with Crippen molar-refractivity contribution in [2.24, 2.45) is 0 Å². The molecule has 0 saturated carbocycles. The van der Waals surface area contributed by atoms with Crippen molar-refractivity contribution >= 4 is 27.8 Å². The van der Waals surface area contributed by atoms with E-state index >= 15 is 0 Å². The van der Waals surface area contributed by atoms with Gasteiger partial charge in [-0.1, -0.05) is 157 Å². The van der Waals surface area contributed by atoms with Gasteiger partial charge in [0.2, 0.25) is 0 Å². The van der Waals surface area contributed by atoms with E-state index in [0.717, 1.165) is 6.07 Å². The van der Waals surface area contributed by atoms with Crippen LogP contribution in [-0.2, 0) is 0 Å². The minimum absolute atomic E-state index is 0.267. The van der Waals surface area contributed by atoms with Crippen LogP contribution in [-0.4, -0.2) is 0 Å². The highest BCUT2D eigenvalue weighted by atomic mass is 15.1. The van der Waals surface area contributed by atoms with Gasteiger partial charge >= 0.3 is 0 Å². The van der Waals surface area contributed by atoms with Gasteiger partial charge in [0.1, 0.15) is 0 Å². The summed E-state index contributed by atoms with van der Waals surface area (Å²) in [6, 6.07) is -32.5. The zero-order valence-corrected chi connectivity index (χ0v) is 23.5. The van der Waals surface area contributed by atoms with Gasteiger partial charge in [-0.3, -0.25) is 0 Å². The topological polar surface area (TPSA) is 3.24 Å². The molecule has 222 valence electrons. The molecule has 8 rings (SSSR count). The molecule has 0 spiro atoms. The number of nitrogens with zero attached hydrogens (tertiary/aromatic N) is 1. The Morgan fingerprint density at radius 2 is 0.745 bits per heavy atom. The maximum Gasteiger partial charge on any atom is 0.0645 e. The van der Waals surface area contributed by atoms with Gasteiger partial charge in [0, 0.05) is 17.1 Å². The minimum Gasteiger partial charge on any atom is -0.311 e. The second-order valence-corrected chi connectivity index (χ2v) is 9.33.